The molecule has 5 nitrogen and oxygen atoms in total. The maximum atomic E-state index is 12.0. The molecule has 0 spiro atoms. The quantitative estimate of drug-likeness (QED) is 0.883. The first-order valence-corrected chi connectivity index (χ1v) is 5.99. The van der Waals surface area contributed by atoms with Gasteiger partial charge in [-0.2, -0.15) is 5.10 Å². The average molecular weight is 259 g/mol. The van der Waals surface area contributed by atoms with Crippen molar-refractivity contribution in [3.05, 3.63) is 47.8 Å². The van der Waals surface area contributed by atoms with Gasteiger partial charge in [0.05, 0.1) is 24.4 Å². The van der Waals surface area contributed by atoms with E-state index in [0.29, 0.717) is 5.56 Å². The molecule has 2 rings (SSSR count). The Morgan fingerprint density at radius 1 is 1.32 bits per heavy atom. The summed E-state index contributed by atoms with van der Waals surface area (Å²) in [5.74, 6) is 0.635. The van der Waals surface area contributed by atoms with E-state index >= 15 is 0 Å². The number of hydrogen-bond acceptors (Lipinski definition) is 3. The van der Waals surface area contributed by atoms with Crippen LogP contribution in [0.5, 0.6) is 5.75 Å². The zero-order valence-corrected chi connectivity index (χ0v) is 11.2. The number of nitrogens with zero attached hydrogens (tertiary/aromatic N) is 1. The van der Waals surface area contributed by atoms with Gasteiger partial charge in [-0.15, -0.1) is 0 Å². The summed E-state index contributed by atoms with van der Waals surface area (Å²) < 4.78 is 5.12. The lowest BCUT2D eigenvalue weighted by atomic mass is 9.94. The molecule has 0 unspecified atom stereocenters. The first-order valence-electron chi connectivity index (χ1n) is 5.99. The normalized spacial score (nSPS) is 11.1. The van der Waals surface area contributed by atoms with Crippen molar-refractivity contribution in [2.24, 2.45) is 0 Å². The van der Waals surface area contributed by atoms with E-state index in [4.69, 9.17) is 4.74 Å². The van der Waals surface area contributed by atoms with Crippen LogP contribution in [0.1, 0.15) is 29.8 Å². The predicted octanol–water partition coefficient (Wildman–Crippen LogP) is 2.08. The third-order valence-corrected chi connectivity index (χ3v) is 3.00. The zero-order valence-electron chi connectivity index (χ0n) is 11.2. The minimum Gasteiger partial charge on any atom is -0.497 e. The number of aromatic amines is 1. The fraction of sp³-hybridized carbons (Fsp3) is 0.286. The number of nitrogens with one attached hydrogen (secondary N) is 2. The van der Waals surface area contributed by atoms with Crippen LogP contribution in [0.2, 0.25) is 0 Å². The molecule has 1 aromatic carbocycles. The van der Waals surface area contributed by atoms with Gasteiger partial charge in [0.1, 0.15) is 5.75 Å². The van der Waals surface area contributed by atoms with Crippen LogP contribution in [-0.4, -0.2) is 23.2 Å². The highest BCUT2D eigenvalue weighted by atomic mass is 16.5. The Balaban J connectivity index is 2.14. The Morgan fingerprint density at radius 3 is 2.53 bits per heavy atom. The lowest BCUT2D eigenvalue weighted by Crippen LogP contribution is -2.40. The Bertz CT molecular complexity index is 545. The topological polar surface area (TPSA) is 67.0 Å². The minimum atomic E-state index is -0.472. The van der Waals surface area contributed by atoms with Crippen molar-refractivity contribution in [1.82, 2.24) is 15.5 Å². The molecule has 5 heteroatoms. The molecule has 2 N–H and O–H groups in total. The van der Waals surface area contributed by atoms with E-state index in [1.807, 2.05) is 38.1 Å². The largest absolute Gasteiger partial charge is 0.497 e. The summed E-state index contributed by atoms with van der Waals surface area (Å²) in [7, 11) is 1.63. The second kappa shape index (κ2) is 5.14. The fourth-order valence-electron chi connectivity index (χ4n) is 1.81. The van der Waals surface area contributed by atoms with Gasteiger partial charge in [-0.05, 0) is 31.5 Å². The molecule has 1 aromatic heterocycles. The summed E-state index contributed by atoms with van der Waals surface area (Å²) in [5.41, 5.74) is 1.05. The van der Waals surface area contributed by atoms with Gasteiger partial charge < -0.3 is 10.1 Å². The Morgan fingerprint density at radius 2 is 2.00 bits per heavy atom. The Hall–Kier alpha value is -2.30. The van der Waals surface area contributed by atoms with Gasteiger partial charge in [0, 0.05) is 6.20 Å². The first kappa shape index (κ1) is 13.1. The number of methoxy groups -OCH3 is 1. The van der Waals surface area contributed by atoms with Crippen molar-refractivity contribution in [3.63, 3.8) is 0 Å². The average Bonchev–Trinajstić information content (AvgIpc) is 2.92. The minimum absolute atomic E-state index is 0.158. The van der Waals surface area contributed by atoms with Gasteiger partial charge >= 0.3 is 0 Å². The van der Waals surface area contributed by atoms with Gasteiger partial charge in [0.2, 0.25) is 0 Å². The van der Waals surface area contributed by atoms with E-state index < -0.39 is 5.54 Å². The van der Waals surface area contributed by atoms with Gasteiger partial charge in [-0.25, -0.2) is 0 Å². The fourth-order valence-corrected chi connectivity index (χ4v) is 1.81. The summed E-state index contributed by atoms with van der Waals surface area (Å²) in [6.07, 6.45) is 3.07. The van der Waals surface area contributed by atoms with Crippen LogP contribution < -0.4 is 10.1 Å². The summed E-state index contributed by atoms with van der Waals surface area (Å²) >= 11 is 0. The summed E-state index contributed by atoms with van der Waals surface area (Å²) in [4.78, 5) is 12.0. The number of hydrogen-bond donors (Lipinski definition) is 2. The SMILES string of the molecule is COc1ccc(C(C)(C)NC(=O)c2cn[nH]c2)cc1. The molecule has 0 aliphatic carbocycles. The van der Waals surface area contributed by atoms with Crippen molar-refractivity contribution in [2.45, 2.75) is 19.4 Å². The maximum Gasteiger partial charge on any atom is 0.255 e. The highest BCUT2D eigenvalue weighted by molar-refractivity contribution is 5.94. The molecule has 100 valence electrons. The predicted molar refractivity (Wildman–Crippen MR) is 72.1 cm³/mol. The third-order valence-electron chi connectivity index (χ3n) is 3.00. The van der Waals surface area contributed by atoms with Crippen molar-refractivity contribution >= 4 is 5.91 Å². The molecule has 1 amide bonds. The van der Waals surface area contributed by atoms with Crippen molar-refractivity contribution in [1.29, 1.82) is 0 Å². The van der Waals surface area contributed by atoms with Crippen LogP contribution in [0, 0.1) is 0 Å². The standard InChI is InChI=1S/C14H17N3O2/c1-14(2,11-4-6-12(19-3)7-5-11)17-13(18)10-8-15-16-9-10/h4-9H,1-3H3,(H,15,16)(H,17,18). The molecule has 19 heavy (non-hydrogen) atoms. The van der Waals surface area contributed by atoms with Crippen LogP contribution in [-0.2, 0) is 5.54 Å². The number of amides is 1. The van der Waals surface area contributed by atoms with Gasteiger partial charge in [-0.3, -0.25) is 9.89 Å². The van der Waals surface area contributed by atoms with Crippen molar-refractivity contribution in [3.8, 4) is 5.75 Å². The number of carbonyl (C=O) groups is 1. The third kappa shape index (κ3) is 2.93. The monoisotopic (exact) mass is 259 g/mol. The Labute approximate surface area is 112 Å². The van der Waals surface area contributed by atoms with E-state index in [-0.39, 0.29) is 5.91 Å². The molecule has 0 saturated heterocycles. The van der Waals surface area contributed by atoms with E-state index in [9.17, 15) is 4.79 Å². The van der Waals surface area contributed by atoms with E-state index in [1.165, 1.54) is 6.20 Å². The molecule has 0 radical (unpaired) electrons. The molecule has 0 fully saturated rings. The summed E-state index contributed by atoms with van der Waals surface area (Å²) in [6, 6.07) is 7.63. The van der Waals surface area contributed by atoms with Crippen molar-refractivity contribution in [2.75, 3.05) is 7.11 Å². The molecule has 0 atom stereocenters. The number of benzene rings is 1. The zero-order chi connectivity index (χ0) is 13.9. The summed E-state index contributed by atoms with van der Waals surface area (Å²) in [5, 5.41) is 9.36. The first-order chi connectivity index (χ1) is 9.03. The highest BCUT2D eigenvalue weighted by Crippen LogP contribution is 2.23. The van der Waals surface area contributed by atoms with E-state index in [1.54, 1.807) is 13.3 Å². The smallest absolute Gasteiger partial charge is 0.255 e. The molecule has 0 aliphatic heterocycles. The number of rotatable bonds is 4. The van der Waals surface area contributed by atoms with E-state index in [2.05, 4.69) is 15.5 Å². The second-order valence-electron chi connectivity index (χ2n) is 4.79. The number of H-pyrrole nitrogens is 1. The summed E-state index contributed by atoms with van der Waals surface area (Å²) in [6.45, 7) is 3.90. The lowest BCUT2D eigenvalue weighted by molar-refractivity contribution is 0.0912. The molecule has 0 saturated carbocycles. The number of carbonyl (C=O) groups excluding carboxylic acids is 1. The van der Waals surface area contributed by atoms with Crippen LogP contribution in [0.3, 0.4) is 0 Å². The van der Waals surface area contributed by atoms with E-state index in [0.717, 1.165) is 11.3 Å². The molecule has 2 aromatic rings. The number of ether oxygens (including phenoxy) is 1. The maximum absolute atomic E-state index is 12.0. The van der Waals surface area contributed by atoms with Gasteiger partial charge in [-0.1, -0.05) is 12.1 Å². The van der Waals surface area contributed by atoms with Crippen molar-refractivity contribution < 1.29 is 9.53 Å². The molecule has 1 heterocycles. The van der Waals surface area contributed by atoms with Crippen LogP contribution in [0.25, 0.3) is 0 Å². The van der Waals surface area contributed by atoms with Crippen LogP contribution in [0.15, 0.2) is 36.7 Å². The van der Waals surface area contributed by atoms with Gasteiger partial charge in [0.15, 0.2) is 0 Å². The number of aromatic nitrogens is 2. The van der Waals surface area contributed by atoms with Crippen LogP contribution >= 0.6 is 0 Å². The van der Waals surface area contributed by atoms with Gasteiger partial charge in [0.25, 0.3) is 5.91 Å². The van der Waals surface area contributed by atoms with Crippen LogP contribution in [0.4, 0.5) is 0 Å². The second-order valence-corrected chi connectivity index (χ2v) is 4.79. The Kier molecular flexibility index (Phi) is 3.55. The highest BCUT2D eigenvalue weighted by Gasteiger charge is 2.23. The molecular weight excluding hydrogens is 242 g/mol. The molecular formula is C14H17N3O2. The lowest BCUT2D eigenvalue weighted by Gasteiger charge is -2.26. The molecule has 0 aliphatic rings. The molecule has 0 bridgehead atoms.